The fourth-order valence-corrected chi connectivity index (χ4v) is 2.86. The normalized spacial score (nSPS) is 19.2. The van der Waals surface area contributed by atoms with Gasteiger partial charge in [0.2, 0.25) is 0 Å². The molecular weight excluding hydrogens is 283 g/mol. The molecule has 0 aliphatic carbocycles. The Labute approximate surface area is 129 Å². The molecule has 2 heterocycles. The van der Waals surface area contributed by atoms with Crippen molar-refractivity contribution in [3.05, 3.63) is 42.7 Å². The molecule has 0 spiro atoms. The van der Waals surface area contributed by atoms with Crippen LogP contribution in [-0.2, 0) is 6.54 Å². The van der Waals surface area contributed by atoms with E-state index in [-0.39, 0.29) is 5.82 Å². The molecule has 3 rings (SSSR count). The van der Waals surface area contributed by atoms with Crippen LogP contribution in [0.1, 0.15) is 12.8 Å². The number of piperidine rings is 1. The van der Waals surface area contributed by atoms with Gasteiger partial charge >= 0.3 is 0 Å². The second-order valence-corrected chi connectivity index (χ2v) is 5.78. The maximum atomic E-state index is 13.1. The first-order valence-corrected chi connectivity index (χ1v) is 7.73. The van der Waals surface area contributed by atoms with Crippen LogP contribution in [0, 0.1) is 11.7 Å². The lowest BCUT2D eigenvalue weighted by Crippen LogP contribution is -2.39. The van der Waals surface area contributed by atoms with Gasteiger partial charge in [-0.1, -0.05) is 6.07 Å². The molecule has 1 saturated heterocycles. The van der Waals surface area contributed by atoms with Crippen LogP contribution in [-0.4, -0.2) is 45.9 Å². The van der Waals surface area contributed by atoms with Gasteiger partial charge in [0.05, 0.1) is 6.61 Å². The van der Waals surface area contributed by atoms with Gasteiger partial charge in [-0.3, -0.25) is 0 Å². The highest BCUT2D eigenvalue weighted by molar-refractivity contribution is 5.22. The molecule has 1 atom stereocenters. The lowest BCUT2D eigenvalue weighted by Gasteiger charge is -2.32. The highest BCUT2D eigenvalue weighted by Gasteiger charge is 2.20. The van der Waals surface area contributed by atoms with E-state index in [4.69, 9.17) is 4.74 Å². The van der Waals surface area contributed by atoms with Crippen molar-refractivity contribution in [1.82, 2.24) is 19.7 Å². The van der Waals surface area contributed by atoms with E-state index in [1.54, 1.807) is 24.8 Å². The second-order valence-electron chi connectivity index (χ2n) is 5.78. The molecule has 1 aromatic heterocycles. The van der Waals surface area contributed by atoms with Gasteiger partial charge in [-0.05, 0) is 31.5 Å². The smallest absolute Gasteiger partial charge is 0.126 e. The minimum atomic E-state index is -0.253. The quantitative estimate of drug-likeness (QED) is 0.820. The van der Waals surface area contributed by atoms with Crippen LogP contribution in [0.4, 0.5) is 4.39 Å². The summed E-state index contributed by atoms with van der Waals surface area (Å²) in [5.74, 6) is 0.858. The first-order chi connectivity index (χ1) is 10.8. The lowest BCUT2D eigenvalue weighted by atomic mass is 9.99. The number of benzene rings is 1. The van der Waals surface area contributed by atoms with Gasteiger partial charge in [0, 0.05) is 31.6 Å². The van der Waals surface area contributed by atoms with Gasteiger partial charge in [-0.25, -0.2) is 4.39 Å². The summed E-state index contributed by atoms with van der Waals surface area (Å²) in [6.45, 7) is 4.70. The van der Waals surface area contributed by atoms with Crippen LogP contribution in [0.25, 0.3) is 0 Å². The number of halogens is 1. The van der Waals surface area contributed by atoms with Gasteiger partial charge < -0.3 is 14.2 Å². The first-order valence-electron chi connectivity index (χ1n) is 7.73. The maximum Gasteiger partial charge on any atom is 0.126 e. The SMILES string of the molecule is Fc1cccc(OCC2CCCN(CCn3cnnc3)C2)c1. The van der Waals surface area contributed by atoms with Crippen LogP contribution in [0.15, 0.2) is 36.9 Å². The summed E-state index contributed by atoms with van der Waals surface area (Å²) < 4.78 is 20.9. The molecule has 1 aliphatic rings. The number of ether oxygens (including phenoxy) is 1. The Balaban J connectivity index is 1.44. The zero-order valence-electron chi connectivity index (χ0n) is 12.6. The van der Waals surface area contributed by atoms with Crippen molar-refractivity contribution in [2.75, 3.05) is 26.2 Å². The largest absolute Gasteiger partial charge is 0.493 e. The number of likely N-dealkylation sites (tertiary alicyclic amines) is 1. The minimum absolute atomic E-state index is 0.253. The lowest BCUT2D eigenvalue weighted by molar-refractivity contribution is 0.127. The van der Waals surface area contributed by atoms with E-state index >= 15 is 0 Å². The van der Waals surface area contributed by atoms with Crippen molar-refractivity contribution in [1.29, 1.82) is 0 Å². The van der Waals surface area contributed by atoms with E-state index in [1.165, 1.54) is 25.0 Å². The van der Waals surface area contributed by atoms with Gasteiger partial charge in [0.15, 0.2) is 0 Å². The summed E-state index contributed by atoms with van der Waals surface area (Å²) >= 11 is 0. The third-order valence-corrected chi connectivity index (χ3v) is 4.03. The molecule has 2 aromatic rings. The molecule has 0 N–H and O–H groups in total. The number of aromatic nitrogens is 3. The molecule has 1 fully saturated rings. The zero-order valence-corrected chi connectivity index (χ0v) is 12.6. The number of hydrogen-bond donors (Lipinski definition) is 0. The van der Waals surface area contributed by atoms with Crippen molar-refractivity contribution < 1.29 is 9.13 Å². The standard InChI is InChI=1S/C16H21FN4O/c17-15-4-1-5-16(9-15)22-11-14-3-2-6-20(10-14)7-8-21-12-18-19-13-21/h1,4-5,9,12-14H,2-3,6-8,10-11H2. The second kappa shape index (κ2) is 7.35. The third-order valence-electron chi connectivity index (χ3n) is 4.03. The average molecular weight is 304 g/mol. The Morgan fingerprint density at radius 2 is 2.09 bits per heavy atom. The highest BCUT2D eigenvalue weighted by atomic mass is 19.1. The van der Waals surface area contributed by atoms with Crippen LogP contribution < -0.4 is 4.74 Å². The predicted octanol–water partition coefficient (Wildman–Crippen LogP) is 2.21. The molecule has 0 bridgehead atoms. The number of nitrogens with zero attached hydrogens (tertiary/aromatic N) is 4. The molecule has 6 heteroatoms. The monoisotopic (exact) mass is 304 g/mol. The Hall–Kier alpha value is -1.95. The summed E-state index contributed by atoms with van der Waals surface area (Å²) in [7, 11) is 0. The van der Waals surface area contributed by atoms with Crippen LogP contribution in [0.5, 0.6) is 5.75 Å². The highest BCUT2D eigenvalue weighted by Crippen LogP contribution is 2.19. The molecular formula is C16H21FN4O. The molecule has 1 aromatic carbocycles. The number of hydrogen-bond acceptors (Lipinski definition) is 4. The predicted molar refractivity (Wildman–Crippen MR) is 81.1 cm³/mol. The van der Waals surface area contributed by atoms with Crippen LogP contribution >= 0.6 is 0 Å². The molecule has 118 valence electrons. The summed E-state index contributed by atoms with van der Waals surface area (Å²) in [4.78, 5) is 2.45. The van der Waals surface area contributed by atoms with Crippen molar-refractivity contribution in [2.45, 2.75) is 19.4 Å². The van der Waals surface area contributed by atoms with Gasteiger partial charge in [0.25, 0.3) is 0 Å². The summed E-state index contributed by atoms with van der Waals surface area (Å²) in [6, 6.07) is 6.35. The Kier molecular flexibility index (Phi) is 5.00. The van der Waals surface area contributed by atoms with E-state index in [2.05, 4.69) is 15.1 Å². The minimum Gasteiger partial charge on any atom is -0.493 e. The topological polar surface area (TPSA) is 43.2 Å². The maximum absolute atomic E-state index is 13.1. The van der Waals surface area contributed by atoms with E-state index in [1.807, 2.05) is 4.57 Å². The van der Waals surface area contributed by atoms with E-state index < -0.39 is 0 Å². The summed E-state index contributed by atoms with van der Waals surface area (Å²) in [6.07, 6.45) is 5.83. The van der Waals surface area contributed by atoms with E-state index in [0.29, 0.717) is 18.3 Å². The van der Waals surface area contributed by atoms with Crippen LogP contribution in [0.2, 0.25) is 0 Å². The molecule has 0 amide bonds. The molecule has 5 nitrogen and oxygen atoms in total. The van der Waals surface area contributed by atoms with E-state index in [9.17, 15) is 4.39 Å². The van der Waals surface area contributed by atoms with E-state index in [0.717, 1.165) is 26.2 Å². The third kappa shape index (κ3) is 4.27. The molecule has 1 aliphatic heterocycles. The molecule has 1 unspecified atom stereocenters. The van der Waals surface area contributed by atoms with Crippen molar-refractivity contribution >= 4 is 0 Å². The van der Waals surface area contributed by atoms with Gasteiger partial charge in [-0.15, -0.1) is 10.2 Å². The Bertz CT molecular complexity index is 575. The number of rotatable bonds is 6. The van der Waals surface area contributed by atoms with Crippen LogP contribution in [0.3, 0.4) is 0 Å². The zero-order chi connectivity index (χ0) is 15.2. The molecule has 0 saturated carbocycles. The van der Waals surface area contributed by atoms with Gasteiger partial charge in [0.1, 0.15) is 24.2 Å². The fraction of sp³-hybridized carbons (Fsp3) is 0.500. The first kappa shape index (κ1) is 15.0. The molecule has 22 heavy (non-hydrogen) atoms. The fourth-order valence-electron chi connectivity index (χ4n) is 2.86. The van der Waals surface area contributed by atoms with Crippen molar-refractivity contribution in [3.8, 4) is 5.75 Å². The van der Waals surface area contributed by atoms with Gasteiger partial charge in [-0.2, -0.15) is 0 Å². The van der Waals surface area contributed by atoms with Crippen molar-refractivity contribution in [3.63, 3.8) is 0 Å². The summed E-state index contributed by atoms with van der Waals surface area (Å²) in [5, 5.41) is 7.63. The van der Waals surface area contributed by atoms with Crippen molar-refractivity contribution in [2.24, 2.45) is 5.92 Å². The Morgan fingerprint density at radius 3 is 2.91 bits per heavy atom. The Morgan fingerprint density at radius 1 is 1.23 bits per heavy atom. The average Bonchev–Trinajstić information content (AvgIpc) is 3.05. The summed E-state index contributed by atoms with van der Waals surface area (Å²) in [5.41, 5.74) is 0. The molecule has 0 radical (unpaired) electrons.